The Labute approximate surface area is 130 Å². The quantitative estimate of drug-likeness (QED) is 0.849. The molecule has 0 aliphatic carbocycles. The van der Waals surface area contributed by atoms with Crippen LogP contribution in [-0.2, 0) is 24.3 Å². The Morgan fingerprint density at radius 3 is 3.00 bits per heavy atom. The number of hydrogen-bond acceptors (Lipinski definition) is 3. The molecule has 1 aliphatic rings. The van der Waals surface area contributed by atoms with Crippen molar-refractivity contribution >= 4 is 5.91 Å². The lowest BCUT2D eigenvalue weighted by Gasteiger charge is -2.12. The van der Waals surface area contributed by atoms with Gasteiger partial charge in [-0.2, -0.15) is 0 Å². The number of rotatable bonds is 6. The third-order valence-corrected chi connectivity index (χ3v) is 4.08. The number of aryl methyl sites for hydroxylation is 2. The van der Waals surface area contributed by atoms with Crippen LogP contribution in [0.2, 0.25) is 0 Å². The minimum absolute atomic E-state index is 0.0345. The van der Waals surface area contributed by atoms with Gasteiger partial charge >= 0.3 is 0 Å². The predicted molar refractivity (Wildman–Crippen MR) is 85.2 cm³/mol. The van der Waals surface area contributed by atoms with Crippen LogP contribution in [0, 0.1) is 0 Å². The maximum absolute atomic E-state index is 12.0. The standard InChI is InChI=1S/C17H22N4O/c22-17(15-7-4-9-18-15)20-13-16-19-10-12-21(16)11-8-14-5-2-1-3-6-14/h1-3,5-6,10,12,15,18H,4,7-9,11,13H2,(H,20,22). The normalized spacial score (nSPS) is 17.5. The minimum Gasteiger partial charge on any atom is -0.348 e. The third kappa shape index (κ3) is 3.74. The summed E-state index contributed by atoms with van der Waals surface area (Å²) in [4.78, 5) is 16.4. The summed E-state index contributed by atoms with van der Waals surface area (Å²) in [5.74, 6) is 0.984. The second-order valence-electron chi connectivity index (χ2n) is 5.64. The Bertz CT molecular complexity index is 602. The molecule has 1 unspecified atom stereocenters. The highest BCUT2D eigenvalue weighted by molar-refractivity contribution is 5.81. The Balaban J connectivity index is 1.52. The SMILES string of the molecule is O=C(NCc1nccn1CCc1ccccc1)C1CCCN1. The van der Waals surface area contributed by atoms with Crippen LogP contribution in [0.5, 0.6) is 0 Å². The van der Waals surface area contributed by atoms with Crippen LogP contribution in [0.25, 0.3) is 0 Å². The summed E-state index contributed by atoms with van der Waals surface area (Å²) in [6.45, 7) is 2.29. The number of amides is 1. The second-order valence-corrected chi connectivity index (χ2v) is 5.64. The summed E-state index contributed by atoms with van der Waals surface area (Å²) >= 11 is 0. The van der Waals surface area contributed by atoms with Crippen LogP contribution < -0.4 is 10.6 Å². The molecule has 5 nitrogen and oxygen atoms in total. The van der Waals surface area contributed by atoms with Crippen LogP contribution in [0.15, 0.2) is 42.7 Å². The molecule has 1 aliphatic heterocycles. The van der Waals surface area contributed by atoms with E-state index in [9.17, 15) is 4.79 Å². The van der Waals surface area contributed by atoms with Gasteiger partial charge in [-0.05, 0) is 31.4 Å². The lowest BCUT2D eigenvalue weighted by Crippen LogP contribution is -2.40. The fourth-order valence-electron chi connectivity index (χ4n) is 2.80. The molecule has 0 spiro atoms. The number of hydrogen-bond donors (Lipinski definition) is 2. The largest absolute Gasteiger partial charge is 0.348 e. The number of carbonyl (C=O) groups excluding carboxylic acids is 1. The second kappa shape index (κ2) is 7.22. The summed E-state index contributed by atoms with van der Waals surface area (Å²) in [5, 5.41) is 6.19. The molecule has 1 aromatic carbocycles. The van der Waals surface area contributed by atoms with E-state index in [4.69, 9.17) is 0 Å². The van der Waals surface area contributed by atoms with E-state index in [-0.39, 0.29) is 11.9 Å². The number of benzene rings is 1. The summed E-state index contributed by atoms with van der Waals surface area (Å²) in [5.41, 5.74) is 1.31. The van der Waals surface area contributed by atoms with Gasteiger partial charge in [-0.3, -0.25) is 4.79 Å². The fraction of sp³-hybridized carbons (Fsp3) is 0.412. The van der Waals surface area contributed by atoms with Crippen LogP contribution in [-0.4, -0.2) is 28.0 Å². The first-order chi connectivity index (χ1) is 10.8. The van der Waals surface area contributed by atoms with Crippen molar-refractivity contribution in [3.63, 3.8) is 0 Å². The van der Waals surface area contributed by atoms with E-state index in [0.29, 0.717) is 6.54 Å². The summed E-state index contributed by atoms with van der Waals surface area (Å²) in [6, 6.07) is 10.4. The zero-order chi connectivity index (χ0) is 15.2. The van der Waals surface area contributed by atoms with Gasteiger partial charge in [0.25, 0.3) is 0 Å². The van der Waals surface area contributed by atoms with Crippen molar-refractivity contribution in [3.05, 3.63) is 54.1 Å². The van der Waals surface area contributed by atoms with E-state index in [1.807, 2.05) is 12.3 Å². The molecule has 0 bridgehead atoms. The number of imidazole rings is 1. The average Bonchev–Trinajstić information content (AvgIpc) is 3.23. The van der Waals surface area contributed by atoms with Crippen molar-refractivity contribution in [2.24, 2.45) is 0 Å². The van der Waals surface area contributed by atoms with Crippen LogP contribution >= 0.6 is 0 Å². The molecule has 5 heteroatoms. The van der Waals surface area contributed by atoms with E-state index in [2.05, 4.69) is 44.5 Å². The monoisotopic (exact) mass is 298 g/mol. The van der Waals surface area contributed by atoms with Gasteiger partial charge in [0.2, 0.25) is 5.91 Å². The van der Waals surface area contributed by atoms with Crippen LogP contribution in [0.4, 0.5) is 0 Å². The zero-order valence-electron chi connectivity index (χ0n) is 12.7. The predicted octanol–water partition coefficient (Wildman–Crippen LogP) is 1.49. The number of carbonyl (C=O) groups is 1. The molecule has 2 N–H and O–H groups in total. The highest BCUT2D eigenvalue weighted by Gasteiger charge is 2.21. The van der Waals surface area contributed by atoms with E-state index in [1.54, 1.807) is 6.20 Å². The van der Waals surface area contributed by atoms with Crippen LogP contribution in [0.1, 0.15) is 24.2 Å². The van der Waals surface area contributed by atoms with Gasteiger partial charge in [0.15, 0.2) is 0 Å². The maximum atomic E-state index is 12.0. The third-order valence-electron chi connectivity index (χ3n) is 4.08. The molecule has 2 aromatic rings. The Morgan fingerprint density at radius 2 is 2.23 bits per heavy atom. The molecular weight excluding hydrogens is 276 g/mol. The Morgan fingerprint density at radius 1 is 1.36 bits per heavy atom. The van der Waals surface area contributed by atoms with Crippen molar-refractivity contribution in [3.8, 4) is 0 Å². The molecule has 1 fully saturated rings. The van der Waals surface area contributed by atoms with Gasteiger partial charge in [-0.15, -0.1) is 0 Å². The molecular formula is C17H22N4O. The van der Waals surface area contributed by atoms with Gasteiger partial charge in [0, 0.05) is 18.9 Å². The van der Waals surface area contributed by atoms with Crippen molar-refractivity contribution < 1.29 is 4.79 Å². The molecule has 1 aromatic heterocycles. The molecule has 0 saturated carbocycles. The molecule has 22 heavy (non-hydrogen) atoms. The molecule has 1 saturated heterocycles. The van der Waals surface area contributed by atoms with E-state index in [0.717, 1.165) is 38.2 Å². The van der Waals surface area contributed by atoms with Gasteiger partial charge in [0.1, 0.15) is 5.82 Å². The lowest BCUT2D eigenvalue weighted by molar-refractivity contribution is -0.123. The van der Waals surface area contributed by atoms with E-state index >= 15 is 0 Å². The zero-order valence-corrected chi connectivity index (χ0v) is 12.7. The molecule has 1 atom stereocenters. The number of nitrogens with one attached hydrogen (secondary N) is 2. The van der Waals surface area contributed by atoms with Crippen molar-refractivity contribution in [2.45, 2.75) is 38.4 Å². The number of nitrogens with zero attached hydrogens (tertiary/aromatic N) is 2. The smallest absolute Gasteiger partial charge is 0.237 e. The highest BCUT2D eigenvalue weighted by atomic mass is 16.2. The van der Waals surface area contributed by atoms with Crippen molar-refractivity contribution in [1.82, 2.24) is 20.2 Å². The molecule has 0 radical (unpaired) electrons. The van der Waals surface area contributed by atoms with Gasteiger partial charge in [-0.25, -0.2) is 4.98 Å². The first kappa shape index (κ1) is 14.8. The lowest BCUT2D eigenvalue weighted by atomic mass is 10.1. The van der Waals surface area contributed by atoms with E-state index in [1.165, 1.54) is 5.56 Å². The van der Waals surface area contributed by atoms with Crippen molar-refractivity contribution in [2.75, 3.05) is 6.54 Å². The molecule has 3 rings (SSSR count). The average molecular weight is 298 g/mol. The van der Waals surface area contributed by atoms with E-state index < -0.39 is 0 Å². The summed E-state index contributed by atoms with van der Waals surface area (Å²) in [6.07, 6.45) is 6.72. The summed E-state index contributed by atoms with van der Waals surface area (Å²) in [7, 11) is 0. The molecule has 1 amide bonds. The number of aromatic nitrogens is 2. The summed E-state index contributed by atoms with van der Waals surface area (Å²) < 4.78 is 2.11. The molecule has 116 valence electrons. The van der Waals surface area contributed by atoms with Gasteiger partial charge in [0.05, 0.1) is 12.6 Å². The Kier molecular flexibility index (Phi) is 4.85. The van der Waals surface area contributed by atoms with Gasteiger partial charge in [-0.1, -0.05) is 30.3 Å². The van der Waals surface area contributed by atoms with Crippen LogP contribution in [0.3, 0.4) is 0 Å². The topological polar surface area (TPSA) is 59.0 Å². The first-order valence-corrected chi connectivity index (χ1v) is 7.88. The minimum atomic E-state index is -0.0345. The van der Waals surface area contributed by atoms with Gasteiger partial charge < -0.3 is 15.2 Å². The fourth-order valence-corrected chi connectivity index (χ4v) is 2.80. The van der Waals surface area contributed by atoms with Crippen molar-refractivity contribution in [1.29, 1.82) is 0 Å². The maximum Gasteiger partial charge on any atom is 0.237 e. The Hall–Kier alpha value is -2.14. The highest BCUT2D eigenvalue weighted by Crippen LogP contribution is 2.06. The first-order valence-electron chi connectivity index (χ1n) is 7.88. The molecule has 2 heterocycles.